The molecule has 0 spiro atoms. The van der Waals surface area contributed by atoms with Crippen molar-refractivity contribution in [3.05, 3.63) is 71.7 Å². The van der Waals surface area contributed by atoms with Gasteiger partial charge in [-0.1, -0.05) is 12.1 Å². The summed E-state index contributed by atoms with van der Waals surface area (Å²) in [6.45, 7) is 2.32. The van der Waals surface area contributed by atoms with E-state index in [1.807, 2.05) is 19.1 Å². The van der Waals surface area contributed by atoms with E-state index < -0.39 is 23.2 Å². The molecule has 0 aliphatic heterocycles. The van der Waals surface area contributed by atoms with Gasteiger partial charge in [-0.3, -0.25) is 4.79 Å². The van der Waals surface area contributed by atoms with Crippen LogP contribution < -0.4 is 16.0 Å². The maximum absolute atomic E-state index is 13.0. The Kier molecular flexibility index (Phi) is 6.45. The lowest BCUT2D eigenvalue weighted by molar-refractivity contribution is -0.137. The molecule has 156 valence electrons. The number of hydrogen-bond acceptors (Lipinski definition) is 6. The zero-order valence-electron chi connectivity index (χ0n) is 16.0. The normalized spacial score (nSPS) is 11.1. The van der Waals surface area contributed by atoms with Crippen LogP contribution in [0.15, 0.2) is 55.0 Å². The van der Waals surface area contributed by atoms with E-state index in [4.69, 9.17) is 0 Å². The van der Waals surface area contributed by atoms with Crippen molar-refractivity contribution in [1.82, 2.24) is 20.3 Å². The van der Waals surface area contributed by atoms with Gasteiger partial charge in [0.25, 0.3) is 5.91 Å². The number of hydrogen-bond donors (Lipinski definition) is 3. The van der Waals surface area contributed by atoms with Crippen LogP contribution >= 0.6 is 0 Å². The molecule has 2 aromatic heterocycles. The number of halogens is 3. The SMILES string of the molecule is Cc1ccnc(Nc2cc(NCCNC(=O)c3ccccc3C(F)(F)F)ncn2)c1. The second-order valence-electron chi connectivity index (χ2n) is 6.36. The van der Waals surface area contributed by atoms with Crippen molar-refractivity contribution in [3.63, 3.8) is 0 Å². The monoisotopic (exact) mass is 416 g/mol. The van der Waals surface area contributed by atoms with Crippen LogP contribution in [0.25, 0.3) is 0 Å². The van der Waals surface area contributed by atoms with Crippen LogP contribution in [0, 0.1) is 6.92 Å². The number of aryl methyl sites for hydroxylation is 1. The second-order valence-corrected chi connectivity index (χ2v) is 6.36. The maximum atomic E-state index is 13.0. The molecular formula is C20H19F3N6O. The Hall–Kier alpha value is -3.69. The molecule has 0 saturated carbocycles. The Morgan fingerprint density at radius 2 is 1.70 bits per heavy atom. The predicted molar refractivity (Wildman–Crippen MR) is 107 cm³/mol. The zero-order valence-corrected chi connectivity index (χ0v) is 16.0. The molecule has 7 nitrogen and oxygen atoms in total. The number of pyridine rings is 1. The minimum absolute atomic E-state index is 0.108. The lowest BCUT2D eigenvalue weighted by Gasteiger charge is -2.13. The molecule has 3 N–H and O–H groups in total. The van der Waals surface area contributed by atoms with Gasteiger partial charge in [-0.25, -0.2) is 15.0 Å². The molecule has 3 aromatic rings. The third-order valence-electron chi connectivity index (χ3n) is 4.03. The number of alkyl halides is 3. The van der Waals surface area contributed by atoms with E-state index in [-0.39, 0.29) is 13.1 Å². The first-order valence-corrected chi connectivity index (χ1v) is 9.03. The van der Waals surface area contributed by atoms with Crippen molar-refractivity contribution in [3.8, 4) is 0 Å². The summed E-state index contributed by atoms with van der Waals surface area (Å²) in [5, 5.41) is 8.51. The molecular weight excluding hydrogens is 397 g/mol. The molecule has 30 heavy (non-hydrogen) atoms. The zero-order chi connectivity index (χ0) is 21.6. The predicted octanol–water partition coefficient (Wildman–Crippen LogP) is 3.78. The van der Waals surface area contributed by atoms with Crippen molar-refractivity contribution in [2.75, 3.05) is 23.7 Å². The molecule has 1 amide bonds. The first-order valence-electron chi connectivity index (χ1n) is 9.03. The number of carbonyl (C=O) groups excluding carboxylic acids is 1. The lowest BCUT2D eigenvalue weighted by Crippen LogP contribution is -2.30. The summed E-state index contributed by atoms with van der Waals surface area (Å²) in [7, 11) is 0. The highest BCUT2D eigenvalue weighted by Gasteiger charge is 2.34. The van der Waals surface area contributed by atoms with Gasteiger partial charge >= 0.3 is 6.18 Å². The van der Waals surface area contributed by atoms with E-state index in [1.165, 1.54) is 18.5 Å². The number of nitrogens with one attached hydrogen (secondary N) is 3. The average molecular weight is 416 g/mol. The van der Waals surface area contributed by atoms with Crippen LogP contribution in [-0.4, -0.2) is 33.9 Å². The topological polar surface area (TPSA) is 91.8 Å². The molecule has 0 aliphatic rings. The van der Waals surface area contributed by atoms with Crippen molar-refractivity contribution in [1.29, 1.82) is 0 Å². The summed E-state index contributed by atoms with van der Waals surface area (Å²) < 4.78 is 39.1. The van der Waals surface area contributed by atoms with Gasteiger partial charge in [-0.05, 0) is 36.8 Å². The fraction of sp³-hybridized carbons (Fsp3) is 0.200. The minimum Gasteiger partial charge on any atom is -0.368 e. The van der Waals surface area contributed by atoms with Crippen molar-refractivity contribution >= 4 is 23.4 Å². The molecule has 0 atom stereocenters. The van der Waals surface area contributed by atoms with E-state index >= 15 is 0 Å². The number of anilines is 3. The Labute approximate surface area is 170 Å². The molecule has 0 saturated heterocycles. The second kappa shape index (κ2) is 9.21. The Morgan fingerprint density at radius 3 is 2.47 bits per heavy atom. The summed E-state index contributed by atoms with van der Waals surface area (Å²) in [5.74, 6) is 0.856. The Bertz CT molecular complexity index is 1030. The van der Waals surface area contributed by atoms with Gasteiger partial charge < -0.3 is 16.0 Å². The number of amides is 1. The van der Waals surface area contributed by atoms with Gasteiger partial charge in [0.05, 0.1) is 11.1 Å². The summed E-state index contributed by atoms with van der Waals surface area (Å²) in [5.41, 5.74) is -0.335. The van der Waals surface area contributed by atoms with Gasteiger partial charge in [-0.2, -0.15) is 13.2 Å². The number of carbonyl (C=O) groups is 1. The molecule has 1 aromatic carbocycles. The first-order chi connectivity index (χ1) is 14.3. The molecule has 10 heteroatoms. The van der Waals surface area contributed by atoms with Crippen LogP contribution in [-0.2, 0) is 6.18 Å². The standard InChI is InChI=1S/C20H19F3N6O/c1-13-6-7-24-17(10-13)29-18-11-16(27-12-28-18)25-8-9-26-19(30)14-4-2-3-5-15(14)20(21,22)23/h2-7,10-12H,8-9H2,1H3,(H,26,30)(H2,24,25,27,28,29). The molecule has 0 aliphatic carbocycles. The number of aromatic nitrogens is 3. The third kappa shape index (κ3) is 5.66. The summed E-state index contributed by atoms with van der Waals surface area (Å²) >= 11 is 0. The highest BCUT2D eigenvalue weighted by molar-refractivity contribution is 5.95. The summed E-state index contributed by atoms with van der Waals surface area (Å²) in [4.78, 5) is 24.5. The Morgan fingerprint density at radius 1 is 0.967 bits per heavy atom. The highest BCUT2D eigenvalue weighted by Crippen LogP contribution is 2.31. The van der Waals surface area contributed by atoms with E-state index in [9.17, 15) is 18.0 Å². The fourth-order valence-corrected chi connectivity index (χ4v) is 2.65. The van der Waals surface area contributed by atoms with E-state index in [1.54, 1.807) is 12.3 Å². The first kappa shape index (κ1) is 21.0. The Balaban J connectivity index is 1.53. The van der Waals surface area contributed by atoms with Gasteiger partial charge in [0.15, 0.2) is 0 Å². The molecule has 0 unspecified atom stereocenters. The quantitative estimate of drug-likeness (QED) is 0.508. The van der Waals surface area contributed by atoms with Crippen LogP contribution in [0.4, 0.5) is 30.6 Å². The highest BCUT2D eigenvalue weighted by atomic mass is 19.4. The molecule has 0 radical (unpaired) electrons. The van der Waals surface area contributed by atoms with E-state index in [2.05, 4.69) is 30.9 Å². The average Bonchev–Trinajstić information content (AvgIpc) is 2.71. The van der Waals surface area contributed by atoms with Crippen LogP contribution in [0.5, 0.6) is 0 Å². The summed E-state index contributed by atoms with van der Waals surface area (Å²) in [6, 6.07) is 10.1. The van der Waals surface area contributed by atoms with Gasteiger partial charge in [0.2, 0.25) is 0 Å². The molecule has 2 heterocycles. The lowest BCUT2D eigenvalue weighted by atomic mass is 10.1. The van der Waals surface area contributed by atoms with E-state index in [0.29, 0.717) is 17.5 Å². The van der Waals surface area contributed by atoms with Crippen molar-refractivity contribution in [2.45, 2.75) is 13.1 Å². The van der Waals surface area contributed by atoms with Crippen molar-refractivity contribution < 1.29 is 18.0 Å². The number of rotatable bonds is 7. The van der Waals surface area contributed by atoms with Crippen LogP contribution in [0.2, 0.25) is 0 Å². The molecule has 0 bridgehead atoms. The smallest absolute Gasteiger partial charge is 0.368 e. The molecule has 3 rings (SSSR count). The number of benzene rings is 1. The van der Waals surface area contributed by atoms with Crippen LogP contribution in [0.1, 0.15) is 21.5 Å². The maximum Gasteiger partial charge on any atom is 0.417 e. The largest absolute Gasteiger partial charge is 0.417 e. The number of nitrogens with zero attached hydrogens (tertiary/aromatic N) is 3. The summed E-state index contributed by atoms with van der Waals surface area (Å²) in [6.07, 6.45) is -1.56. The van der Waals surface area contributed by atoms with Gasteiger partial charge in [-0.15, -0.1) is 0 Å². The fourth-order valence-electron chi connectivity index (χ4n) is 2.65. The molecule has 0 fully saturated rings. The van der Waals surface area contributed by atoms with Crippen LogP contribution in [0.3, 0.4) is 0 Å². The minimum atomic E-state index is -4.59. The van der Waals surface area contributed by atoms with Gasteiger partial charge in [0, 0.05) is 25.4 Å². The van der Waals surface area contributed by atoms with Gasteiger partial charge in [0.1, 0.15) is 23.8 Å². The van der Waals surface area contributed by atoms with Crippen molar-refractivity contribution in [2.24, 2.45) is 0 Å². The third-order valence-corrected chi connectivity index (χ3v) is 4.03. The van der Waals surface area contributed by atoms with E-state index in [0.717, 1.165) is 17.7 Å².